The molecular weight excluding hydrogens is 256 g/mol. The Morgan fingerprint density at radius 1 is 1.41 bits per heavy atom. The second kappa shape index (κ2) is 7.04. The van der Waals surface area contributed by atoms with Crippen LogP contribution in [0.2, 0.25) is 0 Å². The van der Waals surface area contributed by atoms with Crippen LogP contribution >= 0.6 is 23.5 Å². The molecule has 1 saturated heterocycles. The lowest BCUT2D eigenvalue weighted by Gasteiger charge is -2.19. The van der Waals surface area contributed by atoms with E-state index in [4.69, 9.17) is 9.47 Å². The molecule has 0 aromatic carbocycles. The van der Waals surface area contributed by atoms with Crippen molar-refractivity contribution in [3.05, 3.63) is 10.3 Å². The number of hydrogen-bond donors (Lipinski definition) is 1. The zero-order valence-corrected chi connectivity index (χ0v) is 12.6. The minimum absolute atomic E-state index is 0.255. The Bertz CT molecular complexity index is 258. The highest BCUT2D eigenvalue weighted by Crippen LogP contribution is 2.31. The Hall–Kier alpha value is 0.320. The van der Waals surface area contributed by atoms with E-state index in [1.54, 1.807) is 23.5 Å². The molecule has 1 rings (SSSR count). The van der Waals surface area contributed by atoms with Crippen molar-refractivity contribution < 1.29 is 14.6 Å². The van der Waals surface area contributed by atoms with Gasteiger partial charge in [0.25, 0.3) is 0 Å². The molecule has 2 atom stereocenters. The van der Waals surface area contributed by atoms with Crippen molar-refractivity contribution in [1.82, 2.24) is 0 Å². The van der Waals surface area contributed by atoms with Gasteiger partial charge in [-0.05, 0) is 31.4 Å². The van der Waals surface area contributed by atoms with Crippen molar-refractivity contribution in [2.45, 2.75) is 45.7 Å². The summed E-state index contributed by atoms with van der Waals surface area (Å²) in [5.74, 6) is 1.45. The summed E-state index contributed by atoms with van der Waals surface area (Å²) in [6.45, 7) is 8.40. The van der Waals surface area contributed by atoms with Crippen LogP contribution in [0, 0.1) is 0 Å². The molecule has 3 nitrogen and oxygen atoms in total. The molecule has 17 heavy (non-hydrogen) atoms. The molecule has 1 heterocycles. The molecule has 0 amide bonds. The van der Waals surface area contributed by atoms with E-state index in [0.29, 0.717) is 6.61 Å². The van der Waals surface area contributed by atoms with E-state index in [9.17, 15) is 5.11 Å². The van der Waals surface area contributed by atoms with Gasteiger partial charge in [0.2, 0.25) is 0 Å². The number of rotatable bonds is 6. The van der Waals surface area contributed by atoms with Gasteiger partial charge in [0.1, 0.15) is 12.2 Å². The van der Waals surface area contributed by atoms with Crippen LogP contribution in [0.25, 0.3) is 0 Å². The molecule has 1 fully saturated rings. The third-order valence-corrected chi connectivity index (χ3v) is 4.42. The van der Waals surface area contributed by atoms with Crippen LogP contribution in [0.15, 0.2) is 10.3 Å². The number of ether oxygens (including phenoxy) is 2. The molecule has 0 bridgehead atoms. The summed E-state index contributed by atoms with van der Waals surface area (Å²) in [5.41, 5.74) is 0. The maximum absolute atomic E-state index is 10.1. The van der Waals surface area contributed by atoms with Crippen molar-refractivity contribution in [3.8, 4) is 0 Å². The molecule has 0 radical (unpaired) electrons. The minimum atomic E-state index is -0.593. The van der Waals surface area contributed by atoms with Crippen molar-refractivity contribution >= 4 is 23.5 Å². The second-order valence-corrected chi connectivity index (χ2v) is 7.08. The maximum Gasteiger partial charge on any atom is 0.163 e. The first-order valence-electron chi connectivity index (χ1n) is 5.95. The highest BCUT2D eigenvalue weighted by atomic mass is 32.2. The van der Waals surface area contributed by atoms with E-state index in [1.165, 1.54) is 0 Å². The molecule has 0 saturated carbocycles. The topological polar surface area (TPSA) is 38.7 Å². The first-order valence-corrected chi connectivity index (χ1v) is 7.93. The third kappa shape index (κ3) is 5.22. The highest BCUT2D eigenvalue weighted by molar-refractivity contribution is 8.22. The lowest BCUT2D eigenvalue weighted by molar-refractivity contribution is -0.147. The van der Waals surface area contributed by atoms with Crippen molar-refractivity contribution in [1.29, 1.82) is 0 Å². The average Bonchev–Trinajstić information content (AvgIpc) is 2.59. The van der Waals surface area contributed by atoms with Gasteiger partial charge in [-0.1, -0.05) is 13.8 Å². The Labute approximate surface area is 112 Å². The van der Waals surface area contributed by atoms with Gasteiger partial charge in [-0.15, -0.1) is 23.5 Å². The second-order valence-electron chi connectivity index (χ2n) is 4.21. The fourth-order valence-corrected chi connectivity index (χ4v) is 3.63. The Kier molecular flexibility index (Phi) is 6.37. The van der Waals surface area contributed by atoms with Crippen molar-refractivity contribution in [2.75, 3.05) is 18.1 Å². The van der Waals surface area contributed by atoms with E-state index in [1.807, 2.05) is 19.9 Å². The zero-order chi connectivity index (χ0) is 12.9. The molecule has 0 aliphatic carbocycles. The molecule has 0 aromatic rings. The van der Waals surface area contributed by atoms with Crippen molar-refractivity contribution in [2.24, 2.45) is 0 Å². The molecule has 1 aliphatic heterocycles. The summed E-state index contributed by atoms with van der Waals surface area (Å²) < 4.78 is 12.2. The van der Waals surface area contributed by atoms with E-state index in [2.05, 4.69) is 13.8 Å². The van der Waals surface area contributed by atoms with Gasteiger partial charge in [0.15, 0.2) is 5.79 Å². The quantitative estimate of drug-likeness (QED) is 0.809. The first kappa shape index (κ1) is 15.4. The number of aliphatic hydroxyl groups excluding tert-OH is 1. The van der Waals surface area contributed by atoms with E-state index < -0.39 is 11.9 Å². The van der Waals surface area contributed by atoms with Crippen LogP contribution in [0.4, 0.5) is 0 Å². The first-order chi connectivity index (χ1) is 7.98. The van der Waals surface area contributed by atoms with Gasteiger partial charge in [0, 0.05) is 4.24 Å². The Morgan fingerprint density at radius 2 is 2.00 bits per heavy atom. The summed E-state index contributed by atoms with van der Waals surface area (Å²) in [6.07, 6.45) is 1.04. The summed E-state index contributed by atoms with van der Waals surface area (Å²) in [7, 11) is 0. The molecule has 100 valence electrons. The largest absolute Gasteiger partial charge is 0.386 e. The third-order valence-electron chi connectivity index (χ3n) is 2.29. The fourth-order valence-electron chi connectivity index (χ4n) is 1.55. The molecule has 0 unspecified atom stereocenters. The maximum atomic E-state index is 10.1. The predicted molar refractivity (Wildman–Crippen MR) is 75.3 cm³/mol. The Balaban J connectivity index is 2.56. The zero-order valence-electron chi connectivity index (χ0n) is 10.9. The van der Waals surface area contributed by atoms with Gasteiger partial charge in [0.05, 0.1) is 6.61 Å². The lowest BCUT2D eigenvalue weighted by Crippen LogP contribution is -2.29. The summed E-state index contributed by atoms with van der Waals surface area (Å²) in [6, 6.07) is 0. The van der Waals surface area contributed by atoms with Crippen LogP contribution in [0.5, 0.6) is 0 Å². The molecule has 0 aromatic heterocycles. The van der Waals surface area contributed by atoms with Gasteiger partial charge in [-0.25, -0.2) is 0 Å². The summed E-state index contributed by atoms with van der Waals surface area (Å²) in [5, 5.41) is 10.1. The molecule has 1 aliphatic rings. The molecule has 5 heteroatoms. The normalized spacial score (nSPS) is 24.6. The summed E-state index contributed by atoms with van der Waals surface area (Å²) >= 11 is 3.51. The summed E-state index contributed by atoms with van der Waals surface area (Å²) in [4.78, 5) is 0. The monoisotopic (exact) mass is 278 g/mol. The number of hydrogen-bond acceptors (Lipinski definition) is 5. The van der Waals surface area contributed by atoms with Crippen LogP contribution in [-0.2, 0) is 9.47 Å². The predicted octanol–water partition coefficient (Wildman–Crippen LogP) is 2.85. The molecule has 1 N–H and O–H groups in total. The Morgan fingerprint density at radius 3 is 2.41 bits per heavy atom. The van der Waals surface area contributed by atoms with Gasteiger partial charge < -0.3 is 14.6 Å². The lowest BCUT2D eigenvalue weighted by atomic mass is 10.2. The van der Waals surface area contributed by atoms with E-state index in [0.717, 1.165) is 15.7 Å². The van der Waals surface area contributed by atoms with Gasteiger partial charge >= 0.3 is 0 Å². The van der Waals surface area contributed by atoms with Crippen LogP contribution in [0.1, 0.15) is 27.7 Å². The number of thioether (sulfide) groups is 2. The highest BCUT2D eigenvalue weighted by Gasteiger charge is 2.36. The van der Waals surface area contributed by atoms with Crippen LogP contribution in [-0.4, -0.2) is 41.2 Å². The molecular formula is C12H22O3S2. The van der Waals surface area contributed by atoms with Gasteiger partial charge in [-0.3, -0.25) is 0 Å². The smallest absolute Gasteiger partial charge is 0.163 e. The van der Waals surface area contributed by atoms with E-state index >= 15 is 0 Å². The van der Waals surface area contributed by atoms with Gasteiger partial charge in [-0.2, -0.15) is 0 Å². The van der Waals surface area contributed by atoms with Crippen molar-refractivity contribution in [3.63, 3.8) is 0 Å². The van der Waals surface area contributed by atoms with E-state index in [-0.39, 0.29) is 6.10 Å². The SMILES string of the molecule is CCSC(=C[C@H](O)[C@H]1COC(C)(C)O1)SCC. The fraction of sp³-hybridized carbons (Fsp3) is 0.833. The van der Waals surface area contributed by atoms with Crippen LogP contribution in [0.3, 0.4) is 0 Å². The standard InChI is InChI=1S/C12H22O3S2/c1-5-16-11(17-6-2)7-9(13)10-8-14-12(3,4)15-10/h7,9-10,13H,5-6,8H2,1-4H3/t9-,10+/m0/s1. The van der Waals surface area contributed by atoms with Crippen LogP contribution < -0.4 is 0 Å². The number of aliphatic hydroxyl groups is 1. The molecule has 0 spiro atoms. The average molecular weight is 278 g/mol. The minimum Gasteiger partial charge on any atom is -0.386 e.